The molecule has 166 valence electrons. The Morgan fingerprint density at radius 1 is 1.09 bits per heavy atom. The minimum Gasteiger partial charge on any atom is -0.346 e. The molecule has 2 atom stereocenters. The first-order chi connectivity index (χ1) is 15.2. The molecule has 0 saturated carbocycles. The van der Waals surface area contributed by atoms with E-state index in [2.05, 4.69) is 5.32 Å². The molecule has 1 aliphatic rings. The van der Waals surface area contributed by atoms with E-state index in [0.29, 0.717) is 22.7 Å². The molecular weight excluding hydrogens is 451 g/mol. The molecule has 1 heterocycles. The standard InChI is InChI=1S/C24H22ClFN2O3S/c1-15-13-19-14-18(24(29)27-16(2)17-3-8-21(26)9-4-17)5-12-23(19)28(15)32(30,31)22-10-6-20(25)7-11-22/h3-12,14-16H,13H2,1-2H3,(H,27,29)/t15-,16+/m1/s1. The van der Waals surface area contributed by atoms with E-state index in [1.165, 1.54) is 28.6 Å². The second-order valence-electron chi connectivity index (χ2n) is 7.90. The molecule has 0 bridgehead atoms. The summed E-state index contributed by atoms with van der Waals surface area (Å²) in [5, 5.41) is 3.36. The largest absolute Gasteiger partial charge is 0.346 e. The Morgan fingerprint density at radius 2 is 1.75 bits per heavy atom. The maximum absolute atomic E-state index is 13.2. The fourth-order valence-electron chi connectivity index (χ4n) is 3.95. The quantitative estimate of drug-likeness (QED) is 0.561. The number of fused-ring (bicyclic) bond motifs is 1. The highest BCUT2D eigenvalue weighted by molar-refractivity contribution is 7.92. The molecule has 4 rings (SSSR count). The van der Waals surface area contributed by atoms with Gasteiger partial charge in [-0.05, 0) is 86.0 Å². The zero-order chi connectivity index (χ0) is 23.0. The summed E-state index contributed by atoms with van der Waals surface area (Å²) in [5.41, 5.74) is 2.58. The average Bonchev–Trinajstić information content (AvgIpc) is 3.10. The minimum absolute atomic E-state index is 0.163. The Balaban J connectivity index is 1.57. The SMILES string of the molecule is C[C@H](NC(=O)c1ccc2c(c1)C[C@@H](C)N2S(=O)(=O)c1ccc(Cl)cc1)c1ccc(F)cc1. The van der Waals surface area contributed by atoms with E-state index in [0.717, 1.165) is 11.1 Å². The number of hydrogen-bond donors (Lipinski definition) is 1. The van der Waals surface area contributed by atoms with E-state index in [4.69, 9.17) is 11.6 Å². The van der Waals surface area contributed by atoms with Crippen molar-refractivity contribution in [3.05, 3.63) is 94.3 Å². The van der Waals surface area contributed by atoms with Crippen LogP contribution >= 0.6 is 11.6 Å². The number of amides is 1. The molecule has 0 saturated heterocycles. The molecular formula is C24H22ClFN2O3S. The van der Waals surface area contributed by atoms with Gasteiger partial charge in [-0.1, -0.05) is 23.7 Å². The van der Waals surface area contributed by atoms with Gasteiger partial charge in [0, 0.05) is 16.6 Å². The number of halogens is 2. The van der Waals surface area contributed by atoms with Gasteiger partial charge in [-0.3, -0.25) is 9.10 Å². The number of nitrogens with one attached hydrogen (secondary N) is 1. The molecule has 0 radical (unpaired) electrons. The molecule has 1 amide bonds. The smallest absolute Gasteiger partial charge is 0.264 e. The summed E-state index contributed by atoms with van der Waals surface area (Å²) < 4.78 is 41.0. The molecule has 3 aromatic carbocycles. The molecule has 1 aliphatic heterocycles. The predicted octanol–water partition coefficient (Wildman–Crippen LogP) is 5.11. The van der Waals surface area contributed by atoms with Crippen LogP contribution in [0, 0.1) is 5.82 Å². The van der Waals surface area contributed by atoms with Crippen molar-refractivity contribution in [2.75, 3.05) is 4.31 Å². The van der Waals surface area contributed by atoms with Gasteiger partial charge in [-0.2, -0.15) is 0 Å². The Labute approximate surface area is 191 Å². The normalized spacial score (nSPS) is 16.5. The van der Waals surface area contributed by atoms with Crippen LogP contribution < -0.4 is 9.62 Å². The van der Waals surface area contributed by atoms with Crippen molar-refractivity contribution < 1.29 is 17.6 Å². The van der Waals surface area contributed by atoms with Crippen molar-refractivity contribution in [1.82, 2.24) is 5.32 Å². The van der Waals surface area contributed by atoms with E-state index >= 15 is 0 Å². The Morgan fingerprint density at radius 3 is 2.41 bits per heavy atom. The summed E-state index contributed by atoms with van der Waals surface area (Å²) in [6.07, 6.45) is 0.497. The van der Waals surface area contributed by atoms with Gasteiger partial charge >= 0.3 is 0 Å². The number of benzene rings is 3. The van der Waals surface area contributed by atoms with Gasteiger partial charge in [0.15, 0.2) is 0 Å². The third kappa shape index (κ3) is 4.23. The van der Waals surface area contributed by atoms with Crippen molar-refractivity contribution in [2.24, 2.45) is 0 Å². The van der Waals surface area contributed by atoms with Crippen LogP contribution in [0.1, 0.15) is 41.4 Å². The third-order valence-electron chi connectivity index (χ3n) is 5.58. The molecule has 0 aromatic heterocycles. The summed E-state index contributed by atoms with van der Waals surface area (Å²) >= 11 is 5.90. The van der Waals surface area contributed by atoms with Gasteiger partial charge < -0.3 is 5.32 Å². The van der Waals surface area contributed by atoms with Crippen molar-refractivity contribution in [2.45, 2.75) is 37.2 Å². The van der Waals surface area contributed by atoms with E-state index in [-0.39, 0.29) is 28.7 Å². The highest BCUT2D eigenvalue weighted by Crippen LogP contribution is 2.37. The Bertz CT molecular complexity index is 1260. The van der Waals surface area contributed by atoms with Crippen LogP contribution in [0.3, 0.4) is 0 Å². The molecule has 8 heteroatoms. The zero-order valence-electron chi connectivity index (χ0n) is 17.5. The van der Waals surface area contributed by atoms with Gasteiger partial charge in [0.1, 0.15) is 5.82 Å². The number of carbonyl (C=O) groups excluding carboxylic acids is 1. The minimum atomic E-state index is -3.77. The summed E-state index contributed by atoms with van der Waals surface area (Å²) in [7, 11) is -3.77. The number of anilines is 1. The molecule has 0 aliphatic carbocycles. The second kappa shape index (κ2) is 8.56. The average molecular weight is 473 g/mol. The topological polar surface area (TPSA) is 66.5 Å². The van der Waals surface area contributed by atoms with Crippen LogP contribution in [0.4, 0.5) is 10.1 Å². The van der Waals surface area contributed by atoms with Crippen LogP contribution in [0.2, 0.25) is 5.02 Å². The Hall–Kier alpha value is -2.90. The lowest BCUT2D eigenvalue weighted by Gasteiger charge is -2.24. The number of sulfonamides is 1. The first-order valence-corrected chi connectivity index (χ1v) is 12.0. The predicted molar refractivity (Wildman–Crippen MR) is 123 cm³/mol. The second-order valence-corrected chi connectivity index (χ2v) is 10.1. The van der Waals surface area contributed by atoms with E-state index in [1.807, 2.05) is 13.8 Å². The maximum atomic E-state index is 13.2. The molecule has 5 nitrogen and oxygen atoms in total. The maximum Gasteiger partial charge on any atom is 0.264 e. The molecule has 3 aromatic rings. The van der Waals surface area contributed by atoms with E-state index in [9.17, 15) is 17.6 Å². The summed E-state index contributed by atoms with van der Waals surface area (Å²) in [6, 6.07) is 16.5. The van der Waals surface area contributed by atoms with Gasteiger partial charge in [-0.25, -0.2) is 12.8 Å². The van der Waals surface area contributed by atoms with Gasteiger partial charge in [-0.15, -0.1) is 0 Å². The van der Waals surface area contributed by atoms with Crippen molar-refractivity contribution >= 4 is 33.2 Å². The summed E-state index contributed by atoms with van der Waals surface area (Å²) in [5.74, 6) is -0.616. The molecule has 0 spiro atoms. The number of carbonyl (C=O) groups is 1. The lowest BCUT2D eigenvalue weighted by molar-refractivity contribution is 0.0940. The highest BCUT2D eigenvalue weighted by Gasteiger charge is 2.36. The zero-order valence-corrected chi connectivity index (χ0v) is 19.1. The van der Waals surface area contributed by atoms with Gasteiger partial charge in [0.05, 0.1) is 16.6 Å². The van der Waals surface area contributed by atoms with Crippen molar-refractivity contribution in [1.29, 1.82) is 0 Å². The molecule has 1 N–H and O–H groups in total. The summed E-state index contributed by atoms with van der Waals surface area (Å²) in [4.78, 5) is 12.9. The monoisotopic (exact) mass is 472 g/mol. The highest BCUT2D eigenvalue weighted by atomic mass is 35.5. The number of nitrogens with zero attached hydrogens (tertiary/aromatic N) is 1. The van der Waals surface area contributed by atoms with Crippen LogP contribution in [0.25, 0.3) is 0 Å². The summed E-state index contributed by atoms with van der Waals surface area (Å²) in [6.45, 7) is 3.66. The van der Waals surface area contributed by atoms with Crippen LogP contribution in [0.15, 0.2) is 71.6 Å². The van der Waals surface area contributed by atoms with Crippen molar-refractivity contribution in [3.8, 4) is 0 Å². The first kappa shape index (κ1) is 22.3. The van der Waals surface area contributed by atoms with Gasteiger partial charge in [0.2, 0.25) is 0 Å². The Kier molecular flexibility index (Phi) is 5.97. The van der Waals surface area contributed by atoms with Crippen LogP contribution in [0.5, 0.6) is 0 Å². The third-order valence-corrected chi connectivity index (χ3v) is 7.78. The van der Waals surface area contributed by atoms with Gasteiger partial charge in [0.25, 0.3) is 15.9 Å². The van der Waals surface area contributed by atoms with Crippen molar-refractivity contribution in [3.63, 3.8) is 0 Å². The number of hydrogen-bond acceptors (Lipinski definition) is 3. The lowest BCUT2D eigenvalue weighted by Crippen LogP contribution is -2.35. The fourth-order valence-corrected chi connectivity index (χ4v) is 5.76. The van der Waals surface area contributed by atoms with Crippen LogP contribution in [-0.2, 0) is 16.4 Å². The fraction of sp³-hybridized carbons (Fsp3) is 0.208. The molecule has 0 unspecified atom stereocenters. The molecule has 32 heavy (non-hydrogen) atoms. The van der Waals surface area contributed by atoms with E-state index in [1.54, 1.807) is 42.5 Å². The lowest BCUT2D eigenvalue weighted by atomic mass is 10.0. The number of rotatable bonds is 5. The van der Waals surface area contributed by atoms with E-state index < -0.39 is 10.0 Å². The first-order valence-electron chi connectivity index (χ1n) is 10.2. The van der Waals surface area contributed by atoms with Crippen LogP contribution in [-0.4, -0.2) is 20.4 Å². The molecule has 0 fully saturated rings.